The number of ether oxygens (including phenoxy) is 2. The highest BCUT2D eigenvalue weighted by Crippen LogP contribution is 2.24. The summed E-state index contributed by atoms with van der Waals surface area (Å²) in [5, 5.41) is 24.2. The molecule has 2 aromatic carbocycles. The second-order valence-corrected chi connectivity index (χ2v) is 8.04. The molecule has 160 valence electrons. The van der Waals surface area contributed by atoms with E-state index in [-0.39, 0.29) is 6.61 Å². The van der Waals surface area contributed by atoms with Crippen LogP contribution in [0.5, 0.6) is 11.5 Å². The molecule has 9 nitrogen and oxygen atoms in total. The van der Waals surface area contributed by atoms with E-state index in [0.717, 1.165) is 22.6 Å². The number of nitrogens with zero attached hydrogens (tertiary/aromatic N) is 6. The van der Waals surface area contributed by atoms with Crippen molar-refractivity contribution in [3.8, 4) is 11.5 Å². The minimum atomic E-state index is -0.665. The van der Waals surface area contributed by atoms with Crippen molar-refractivity contribution in [3.63, 3.8) is 0 Å². The first kappa shape index (κ1) is 19.7. The molecule has 3 aromatic heterocycles. The fourth-order valence-electron chi connectivity index (χ4n) is 3.49. The van der Waals surface area contributed by atoms with Crippen molar-refractivity contribution in [1.29, 1.82) is 0 Å². The lowest BCUT2D eigenvalue weighted by atomic mass is 10.3. The lowest BCUT2D eigenvalue weighted by molar-refractivity contribution is 0.126. The van der Waals surface area contributed by atoms with Gasteiger partial charge in [0.1, 0.15) is 18.1 Å². The molecule has 5 rings (SSSR count). The number of imidazole rings is 1. The van der Waals surface area contributed by atoms with Gasteiger partial charge in [-0.3, -0.25) is 0 Å². The molecule has 31 heavy (non-hydrogen) atoms. The van der Waals surface area contributed by atoms with E-state index < -0.39 is 6.10 Å². The molecule has 0 bridgehead atoms. The van der Waals surface area contributed by atoms with Crippen molar-refractivity contribution in [2.75, 3.05) is 19.0 Å². The largest absolute Gasteiger partial charge is 0.494 e. The van der Waals surface area contributed by atoms with E-state index in [1.54, 1.807) is 4.52 Å². The molecule has 1 atom stereocenters. The number of fused-ring (bicyclic) bond motifs is 5. The normalized spacial score (nSPS) is 12.7. The number of benzene rings is 2. The number of rotatable bonds is 8. The number of para-hydroxylation sites is 2. The summed E-state index contributed by atoms with van der Waals surface area (Å²) in [7, 11) is 1.98. The van der Waals surface area contributed by atoms with Gasteiger partial charge in [0.05, 0.1) is 23.7 Å². The lowest BCUT2D eigenvalue weighted by Crippen LogP contribution is -2.20. The van der Waals surface area contributed by atoms with Crippen molar-refractivity contribution in [1.82, 2.24) is 28.8 Å². The third-order valence-electron chi connectivity index (χ3n) is 4.95. The highest BCUT2D eigenvalue weighted by atomic mass is 32.2. The first-order chi connectivity index (χ1) is 15.2. The van der Waals surface area contributed by atoms with Crippen molar-refractivity contribution in [2.45, 2.75) is 18.2 Å². The highest BCUT2D eigenvalue weighted by molar-refractivity contribution is 7.99. The first-order valence-corrected chi connectivity index (χ1v) is 11.0. The van der Waals surface area contributed by atoms with Crippen molar-refractivity contribution in [2.24, 2.45) is 7.05 Å². The van der Waals surface area contributed by atoms with Crippen LogP contribution in [0.3, 0.4) is 0 Å². The Morgan fingerprint density at radius 2 is 1.68 bits per heavy atom. The molecule has 3 heterocycles. The van der Waals surface area contributed by atoms with Gasteiger partial charge in [0.2, 0.25) is 10.9 Å². The molecule has 0 spiro atoms. The van der Waals surface area contributed by atoms with Crippen LogP contribution >= 0.6 is 11.8 Å². The Morgan fingerprint density at radius 1 is 0.968 bits per heavy atom. The first-order valence-electron chi connectivity index (χ1n) is 9.99. The second kappa shape index (κ2) is 8.12. The summed E-state index contributed by atoms with van der Waals surface area (Å²) in [6.07, 6.45) is -0.665. The predicted octanol–water partition coefficient (Wildman–Crippen LogP) is 2.80. The molecular formula is C21H22N6O3S. The smallest absolute Gasteiger partial charge is 0.260 e. The third-order valence-corrected chi connectivity index (χ3v) is 6.02. The maximum atomic E-state index is 10.3. The molecule has 0 aliphatic rings. The number of hydrogen-bond donors (Lipinski definition) is 1. The Labute approximate surface area is 182 Å². The fraction of sp³-hybridized carbons (Fsp3) is 0.286. The van der Waals surface area contributed by atoms with E-state index in [2.05, 4.69) is 15.3 Å². The van der Waals surface area contributed by atoms with E-state index in [4.69, 9.17) is 9.47 Å². The van der Waals surface area contributed by atoms with Gasteiger partial charge >= 0.3 is 0 Å². The van der Waals surface area contributed by atoms with E-state index in [1.807, 2.05) is 71.5 Å². The molecule has 0 amide bonds. The van der Waals surface area contributed by atoms with Gasteiger partial charge in [-0.1, -0.05) is 23.9 Å². The second-order valence-electron chi connectivity index (χ2n) is 7.06. The summed E-state index contributed by atoms with van der Waals surface area (Å²) >= 11 is 1.39. The summed E-state index contributed by atoms with van der Waals surface area (Å²) in [5.74, 6) is 3.32. The predicted molar refractivity (Wildman–Crippen MR) is 118 cm³/mol. The molecule has 10 heteroatoms. The summed E-state index contributed by atoms with van der Waals surface area (Å²) in [4.78, 5) is 0. The Kier molecular flexibility index (Phi) is 5.16. The number of hydrogen-bond acceptors (Lipinski definition) is 7. The van der Waals surface area contributed by atoms with Crippen molar-refractivity contribution < 1.29 is 14.6 Å². The van der Waals surface area contributed by atoms with Gasteiger partial charge in [-0.2, -0.15) is 4.52 Å². The molecule has 0 radical (unpaired) electrons. The minimum Gasteiger partial charge on any atom is -0.494 e. The zero-order chi connectivity index (χ0) is 21.4. The Hall–Kier alpha value is -3.24. The van der Waals surface area contributed by atoms with Crippen molar-refractivity contribution in [3.05, 3.63) is 48.5 Å². The molecule has 5 aromatic rings. The Balaban J connectivity index is 1.27. The van der Waals surface area contributed by atoms with E-state index in [1.165, 1.54) is 11.8 Å². The van der Waals surface area contributed by atoms with E-state index in [0.29, 0.717) is 29.0 Å². The molecule has 0 aliphatic carbocycles. The van der Waals surface area contributed by atoms with Gasteiger partial charge in [-0.15, -0.1) is 15.3 Å². The lowest BCUT2D eigenvalue weighted by Gasteiger charge is -2.12. The van der Waals surface area contributed by atoms with Crippen LogP contribution in [0.2, 0.25) is 0 Å². The average Bonchev–Trinajstić information content (AvgIpc) is 3.43. The summed E-state index contributed by atoms with van der Waals surface area (Å²) in [5.41, 5.74) is 2.10. The van der Waals surface area contributed by atoms with Crippen LogP contribution in [0.1, 0.15) is 6.92 Å². The van der Waals surface area contributed by atoms with Gasteiger partial charge in [0.15, 0.2) is 0 Å². The van der Waals surface area contributed by atoms with Crippen LogP contribution in [0.25, 0.3) is 22.6 Å². The van der Waals surface area contributed by atoms with Crippen LogP contribution in [-0.2, 0) is 7.05 Å². The van der Waals surface area contributed by atoms with Gasteiger partial charge in [-0.25, -0.2) is 4.40 Å². The Morgan fingerprint density at radius 3 is 2.42 bits per heavy atom. The minimum absolute atomic E-state index is 0.179. The highest BCUT2D eigenvalue weighted by Gasteiger charge is 2.19. The molecule has 0 saturated carbocycles. The molecule has 0 saturated heterocycles. The molecular weight excluding hydrogens is 416 g/mol. The maximum absolute atomic E-state index is 10.3. The molecule has 0 aliphatic heterocycles. The standard InChI is InChI=1S/C21H22N6O3S/c1-3-29-15-8-10-16(11-9-15)30-12-14(28)13-31-21-23-22-19-26-18-7-5-4-6-17(18)25(2)20(26)24-27(19)21/h4-11,14,28H,3,12-13H2,1-2H3. The number of aromatic nitrogens is 6. The molecule has 1 N–H and O–H groups in total. The quantitative estimate of drug-likeness (QED) is 0.373. The van der Waals surface area contributed by atoms with Gasteiger partial charge in [-0.05, 0) is 43.3 Å². The zero-order valence-electron chi connectivity index (χ0n) is 17.2. The van der Waals surface area contributed by atoms with Gasteiger partial charge in [0, 0.05) is 12.8 Å². The van der Waals surface area contributed by atoms with Gasteiger partial charge in [0.25, 0.3) is 5.78 Å². The SMILES string of the molecule is CCOc1ccc(OCC(O)CSc2nnc3n2nc2n(C)c4ccccc4n23)cc1. The summed E-state index contributed by atoms with van der Waals surface area (Å²) in [6.45, 7) is 2.74. The van der Waals surface area contributed by atoms with Crippen LogP contribution < -0.4 is 9.47 Å². The van der Waals surface area contributed by atoms with Crippen LogP contribution in [0.15, 0.2) is 53.7 Å². The number of aryl methyl sites for hydroxylation is 1. The average molecular weight is 439 g/mol. The van der Waals surface area contributed by atoms with Crippen molar-refractivity contribution >= 4 is 34.4 Å². The molecule has 0 fully saturated rings. The number of aliphatic hydroxyl groups is 1. The maximum Gasteiger partial charge on any atom is 0.260 e. The van der Waals surface area contributed by atoms with Crippen LogP contribution in [-0.4, -0.2) is 59.0 Å². The zero-order valence-corrected chi connectivity index (χ0v) is 18.0. The van der Waals surface area contributed by atoms with E-state index >= 15 is 0 Å². The van der Waals surface area contributed by atoms with Crippen LogP contribution in [0.4, 0.5) is 0 Å². The van der Waals surface area contributed by atoms with Gasteiger partial charge < -0.3 is 19.1 Å². The van der Waals surface area contributed by atoms with E-state index in [9.17, 15) is 5.11 Å². The third kappa shape index (κ3) is 3.57. The van der Waals surface area contributed by atoms with Crippen LogP contribution in [0, 0.1) is 0 Å². The summed E-state index contributed by atoms with van der Waals surface area (Å²) < 4.78 is 16.8. The topological polar surface area (TPSA) is 91.1 Å². The number of thioether (sulfide) groups is 1. The molecule has 1 unspecified atom stereocenters. The fourth-order valence-corrected chi connectivity index (χ4v) is 4.27. The Bertz CT molecular complexity index is 1340. The monoisotopic (exact) mass is 438 g/mol. The number of aliphatic hydroxyl groups excluding tert-OH is 1. The summed E-state index contributed by atoms with van der Waals surface area (Å²) in [6, 6.07) is 15.4.